The summed E-state index contributed by atoms with van der Waals surface area (Å²) in [7, 11) is 0. The first kappa shape index (κ1) is 20.7. The van der Waals surface area contributed by atoms with Gasteiger partial charge in [0.25, 0.3) is 5.91 Å². The maximum atomic E-state index is 13.2. The minimum Gasteiger partial charge on any atom is -0.504 e. The van der Waals surface area contributed by atoms with Crippen LogP contribution in [0.2, 0.25) is 0 Å². The average molecular weight is 412 g/mol. The van der Waals surface area contributed by atoms with Crippen LogP contribution < -0.4 is 20.7 Å². The second-order valence-electron chi connectivity index (χ2n) is 6.98. The quantitative estimate of drug-likeness (QED) is 0.560. The number of benzene rings is 2. The summed E-state index contributed by atoms with van der Waals surface area (Å²) in [5.41, 5.74) is 4.95. The monoisotopic (exact) mass is 411 g/mol. The van der Waals surface area contributed by atoms with E-state index in [4.69, 9.17) is 17.0 Å². The van der Waals surface area contributed by atoms with Crippen molar-refractivity contribution in [2.45, 2.75) is 33.7 Å². The number of amides is 1. The zero-order valence-electron chi connectivity index (χ0n) is 16.9. The van der Waals surface area contributed by atoms with Crippen LogP contribution >= 0.6 is 12.2 Å². The van der Waals surface area contributed by atoms with Gasteiger partial charge in [-0.25, -0.2) is 0 Å². The molecule has 1 unspecified atom stereocenters. The van der Waals surface area contributed by atoms with E-state index in [0.29, 0.717) is 28.7 Å². The van der Waals surface area contributed by atoms with Crippen LogP contribution in [0.15, 0.2) is 47.7 Å². The van der Waals surface area contributed by atoms with Gasteiger partial charge in [0.15, 0.2) is 16.6 Å². The highest BCUT2D eigenvalue weighted by Gasteiger charge is 2.30. The van der Waals surface area contributed by atoms with Crippen molar-refractivity contribution in [3.63, 3.8) is 0 Å². The number of anilines is 1. The van der Waals surface area contributed by atoms with Crippen molar-refractivity contribution in [3.8, 4) is 11.5 Å². The zero-order chi connectivity index (χ0) is 21.1. The Hall–Kier alpha value is -3.06. The third-order valence-corrected chi connectivity index (χ3v) is 5.12. The number of rotatable bonds is 5. The van der Waals surface area contributed by atoms with Crippen molar-refractivity contribution in [3.05, 3.63) is 64.4 Å². The molecule has 0 aliphatic carbocycles. The lowest BCUT2D eigenvalue weighted by Gasteiger charge is -2.30. The molecule has 152 valence electrons. The highest BCUT2D eigenvalue weighted by Crippen LogP contribution is 2.34. The van der Waals surface area contributed by atoms with E-state index in [9.17, 15) is 9.90 Å². The van der Waals surface area contributed by atoms with Crippen LogP contribution in [0, 0.1) is 13.8 Å². The minimum atomic E-state index is -0.477. The number of ether oxygens (including phenoxy) is 1. The summed E-state index contributed by atoms with van der Waals surface area (Å²) in [5, 5.41) is 19.6. The standard InChI is InChI=1S/C22H25N3O3S/c1-5-28-18-11-15(7-9-17(18)26)20-19(14(4)23-22(29)25-20)21(27)24-16-8-6-12(2)13(3)10-16/h6-11,20,26H,5H2,1-4H3,(H,24,27)(H2,23,25,29). The minimum absolute atomic E-state index is 0.0499. The van der Waals surface area contributed by atoms with Crippen molar-refractivity contribution in [2.75, 3.05) is 11.9 Å². The van der Waals surface area contributed by atoms with Crippen LogP contribution in [0.3, 0.4) is 0 Å². The first-order valence-electron chi connectivity index (χ1n) is 9.42. The van der Waals surface area contributed by atoms with Gasteiger partial charge in [0.1, 0.15) is 0 Å². The van der Waals surface area contributed by atoms with Gasteiger partial charge >= 0.3 is 0 Å². The molecule has 0 spiro atoms. The van der Waals surface area contributed by atoms with E-state index in [1.54, 1.807) is 18.2 Å². The number of phenols is 1. The lowest BCUT2D eigenvalue weighted by Crippen LogP contribution is -2.45. The Kier molecular flexibility index (Phi) is 6.08. The molecule has 0 saturated heterocycles. The van der Waals surface area contributed by atoms with E-state index in [1.165, 1.54) is 0 Å². The molecule has 0 fully saturated rings. The van der Waals surface area contributed by atoms with Gasteiger partial charge < -0.3 is 25.8 Å². The molecule has 1 heterocycles. The largest absolute Gasteiger partial charge is 0.504 e. The number of hydrogen-bond donors (Lipinski definition) is 4. The van der Waals surface area contributed by atoms with Crippen LogP contribution in [-0.2, 0) is 4.79 Å². The highest BCUT2D eigenvalue weighted by molar-refractivity contribution is 7.80. The molecule has 3 rings (SSSR count). The average Bonchev–Trinajstić information content (AvgIpc) is 2.66. The number of thiocarbonyl (C=S) groups is 1. The van der Waals surface area contributed by atoms with Gasteiger partial charge in [-0.3, -0.25) is 4.79 Å². The summed E-state index contributed by atoms with van der Waals surface area (Å²) in [4.78, 5) is 13.2. The molecule has 2 aromatic carbocycles. The number of allylic oxidation sites excluding steroid dienone is 1. The lowest BCUT2D eigenvalue weighted by atomic mass is 9.94. The molecule has 0 radical (unpaired) electrons. The van der Waals surface area contributed by atoms with E-state index in [-0.39, 0.29) is 11.7 Å². The number of hydrogen-bond acceptors (Lipinski definition) is 4. The molecule has 0 bridgehead atoms. The molecule has 0 aromatic heterocycles. The lowest BCUT2D eigenvalue weighted by molar-refractivity contribution is -0.113. The van der Waals surface area contributed by atoms with Crippen LogP contribution in [0.4, 0.5) is 5.69 Å². The van der Waals surface area contributed by atoms with Gasteiger partial charge in [0.2, 0.25) is 0 Å². The number of carbonyl (C=O) groups excluding carboxylic acids is 1. The molecule has 29 heavy (non-hydrogen) atoms. The first-order valence-corrected chi connectivity index (χ1v) is 9.83. The van der Waals surface area contributed by atoms with Crippen molar-refractivity contribution in [2.24, 2.45) is 0 Å². The van der Waals surface area contributed by atoms with Crippen molar-refractivity contribution in [1.29, 1.82) is 0 Å². The molecule has 2 aromatic rings. The second kappa shape index (κ2) is 8.53. The fourth-order valence-electron chi connectivity index (χ4n) is 3.24. The molecular weight excluding hydrogens is 386 g/mol. The Morgan fingerprint density at radius 3 is 2.62 bits per heavy atom. The summed E-state index contributed by atoms with van der Waals surface area (Å²) in [6, 6.07) is 10.4. The van der Waals surface area contributed by atoms with Crippen LogP contribution in [-0.4, -0.2) is 22.7 Å². The van der Waals surface area contributed by atoms with Gasteiger partial charge in [0, 0.05) is 11.4 Å². The Balaban J connectivity index is 1.96. The SMILES string of the molecule is CCOc1cc(C2NC(=S)NC(C)=C2C(=O)Nc2ccc(C)c(C)c2)ccc1O. The summed E-state index contributed by atoms with van der Waals surface area (Å²) in [5.74, 6) is 0.182. The molecule has 1 aliphatic heterocycles. The molecule has 1 atom stereocenters. The smallest absolute Gasteiger partial charge is 0.255 e. The van der Waals surface area contributed by atoms with Gasteiger partial charge in [-0.15, -0.1) is 0 Å². The first-order chi connectivity index (χ1) is 13.8. The zero-order valence-corrected chi connectivity index (χ0v) is 17.7. The maximum absolute atomic E-state index is 13.2. The van der Waals surface area contributed by atoms with E-state index in [0.717, 1.165) is 22.4 Å². The van der Waals surface area contributed by atoms with Crippen LogP contribution in [0.25, 0.3) is 0 Å². The highest BCUT2D eigenvalue weighted by atomic mass is 32.1. The Labute approximate surface area is 176 Å². The number of aryl methyl sites for hydroxylation is 2. The van der Waals surface area contributed by atoms with Gasteiger partial charge in [-0.2, -0.15) is 0 Å². The number of carbonyl (C=O) groups is 1. The number of aromatic hydroxyl groups is 1. The van der Waals surface area contributed by atoms with Crippen molar-refractivity contribution < 1.29 is 14.6 Å². The second-order valence-corrected chi connectivity index (χ2v) is 7.39. The van der Waals surface area contributed by atoms with E-state index < -0.39 is 6.04 Å². The van der Waals surface area contributed by atoms with Gasteiger partial charge in [0.05, 0.1) is 18.2 Å². The molecule has 4 N–H and O–H groups in total. The number of phenolic OH excluding ortho intramolecular Hbond substituents is 1. The third kappa shape index (κ3) is 4.51. The number of nitrogens with one attached hydrogen (secondary N) is 3. The van der Waals surface area contributed by atoms with E-state index in [1.807, 2.05) is 45.9 Å². The Morgan fingerprint density at radius 1 is 1.17 bits per heavy atom. The molecule has 7 heteroatoms. The van der Waals surface area contributed by atoms with Crippen molar-refractivity contribution >= 4 is 28.9 Å². The molecule has 1 aliphatic rings. The summed E-state index contributed by atoms with van der Waals surface area (Å²) >= 11 is 5.30. The van der Waals surface area contributed by atoms with Crippen LogP contribution in [0.1, 0.15) is 36.6 Å². The fourth-order valence-corrected chi connectivity index (χ4v) is 3.51. The molecular formula is C22H25N3O3S. The predicted molar refractivity (Wildman–Crippen MR) is 118 cm³/mol. The maximum Gasteiger partial charge on any atom is 0.255 e. The Morgan fingerprint density at radius 2 is 1.93 bits per heavy atom. The molecule has 6 nitrogen and oxygen atoms in total. The summed E-state index contributed by atoms with van der Waals surface area (Å²) in [6.45, 7) is 8.12. The third-order valence-electron chi connectivity index (χ3n) is 4.90. The van der Waals surface area contributed by atoms with E-state index in [2.05, 4.69) is 16.0 Å². The molecule has 0 saturated carbocycles. The Bertz CT molecular complexity index is 1000. The van der Waals surface area contributed by atoms with E-state index >= 15 is 0 Å². The summed E-state index contributed by atoms with van der Waals surface area (Å²) in [6.07, 6.45) is 0. The molecule has 1 amide bonds. The normalized spacial score (nSPS) is 16.1. The topological polar surface area (TPSA) is 82.6 Å². The van der Waals surface area contributed by atoms with Crippen molar-refractivity contribution in [1.82, 2.24) is 10.6 Å². The fraction of sp³-hybridized carbons (Fsp3) is 0.273. The van der Waals surface area contributed by atoms with Gasteiger partial charge in [-0.1, -0.05) is 12.1 Å². The van der Waals surface area contributed by atoms with Gasteiger partial charge in [-0.05, 0) is 80.9 Å². The van der Waals surface area contributed by atoms with Crippen LogP contribution in [0.5, 0.6) is 11.5 Å². The summed E-state index contributed by atoms with van der Waals surface area (Å²) < 4.78 is 5.49. The predicted octanol–water partition coefficient (Wildman–Crippen LogP) is 3.84.